The molecular weight excluding hydrogens is 892 g/mol. The molecule has 53 heavy (non-hydrogen) atoms. The van der Waals surface area contributed by atoms with Crippen LogP contribution in [-0.4, -0.2) is 111 Å². The van der Waals surface area contributed by atoms with Crippen molar-refractivity contribution in [2.45, 2.75) is 60.4 Å². The van der Waals surface area contributed by atoms with Gasteiger partial charge in [0, 0.05) is 50.4 Å². The van der Waals surface area contributed by atoms with Crippen molar-refractivity contribution < 1.29 is 34.2 Å². The van der Waals surface area contributed by atoms with Gasteiger partial charge in [0.05, 0.1) is 19.7 Å². The number of aromatic nitrogens is 4. The van der Waals surface area contributed by atoms with Crippen molar-refractivity contribution in [1.29, 1.82) is 0 Å². The molecule has 2 rings (SSSR count). The molecule has 0 saturated heterocycles. The Hall–Kier alpha value is -0.370. The van der Waals surface area contributed by atoms with E-state index in [-0.39, 0.29) is 37.5 Å². The molecule has 0 aliphatic heterocycles. The van der Waals surface area contributed by atoms with E-state index in [1.54, 1.807) is 30.1 Å². The second kappa shape index (κ2) is 33.7. The van der Waals surface area contributed by atoms with E-state index in [1.165, 1.54) is 35.6 Å². The summed E-state index contributed by atoms with van der Waals surface area (Å²) in [7, 11) is -0.387. The lowest BCUT2D eigenvalue weighted by atomic mass is 10.2. The molecule has 2 aromatic heterocycles. The summed E-state index contributed by atoms with van der Waals surface area (Å²) in [6.45, 7) is 14.5. The molecule has 314 valence electrons. The summed E-state index contributed by atoms with van der Waals surface area (Å²) in [5.41, 5.74) is 0.479. The van der Waals surface area contributed by atoms with Crippen LogP contribution < -0.4 is 5.32 Å². The number of nitrogens with one attached hydrogen (secondary N) is 1. The number of nitro groups is 2. The van der Waals surface area contributed by atoms with Gasteiger partial charge in [-0.25, -0.2) is 23.4 Å². The predicted molar refractivity (Wildman–Crippen MR) is 218 cm³/mol. The van der Waals surface area contributed by atoms with Crippen LogP contribution in [0.4, 0.5) is 11.9 Å². The highest BCUT2D eigenvalue weighted by Gasteiger charge is 2.37. The molecular formula is C26H52Cl7N9O9P2. The molecule has 0 aliphatic carbocycles. The SMILES string of the molecule is CC(C)(C)OO.CCN(CCCl)P(=O)(OCc1cnc([N+](=O)[O-])n1C)N(CC)CCCl.CCNCCCl.Cl.ClP(Cl)Cl.Cn1c(CO)cnc1[N+](=O)[O-]. The van der Waals surface area contributed by atoms with Gasteiger partial charge in [-0.1, -0.05) is 64.5 Å². The maximum absolute atomic E-state index is 13.6. The summed E-state index contributed by atoms with van der Waals surface area (Å²) in [5, 5.41) is 40.7. The standard InChI is InChI=1S/C13H24Cl2N5O4P.C5H7N3O3.C4H10ClN.C4H10O2.Cl3P.ClH/c1-4-18(8-6-14)25(23,19(5-2)9-7-15)24-11-12-10-16-13(17(12)3)20(21)22;1-7-4(3-9)2-6-5(7)8(10)11;1-2-6-4-3-5;1-4(2,3)6-5;1-4(2)3;/h10H,4-9,11H2,1-3H3;2,9H,3H2,1H3;6H,2-4H2,1H3;5H,1-3H3;;1H. The number of halogens is 7. The fourth-order valence-corrected chi connectivity index (χ4v) is 6.53. The van der Waals surface area contributed by atoms with Crippen molar-refractivity contribution in [3.8, 4) is 0 Å². The van der Waals surface area contributed by atoms with E-state index in [2.05, 4.69) is 27.1 Å². The molecule has 0 saturated carbocycles. The van der Waals surface area contributed by atoms with E-state index >= 15 is 0 Å². The zero-order chi connectivity index (χ0) is 41.1. The van der Waals surface area contributed by atoms with E-state index in [0.717, 1.165) is 13.1 Å². The summed E-state index contributed by atoms with van der Waals surface area (Å²) in [6.07, 6.45) is 2.62. The van der Waals surface area contributed by atoms with Crippen LogP contribution in [0.25, 0.3) is 0 Å². The Balaban J connectivity index is -0.000000350. The van der Waals surface area contributed by atoms with E-state index < -0.39 is 29.1 Å². The highest BCUT2D eigenvalue weighted by Crippen LogP contribution is 2.54. The van der Waals surface area contributed by atoms with Gasteiger partial charge in [0.25, 0.3) is 0 Å². The molecule has 0 bridgehead atoms. The van der Waals surface area contributed by atoms with Crippen LogP contribution in [0.5, 0.6) is 0 Å². The van der Waals surface area contributed by atoms with Crippen LogP contribution in [0.2, 0.25) is 0 Å². The number of alkyl halides is 3. The zero-order valence-electron chi connectivity index (χ0n) is 30.8. The summed E-state index contributed by atoms with van der Waals surface area (Å²) in [6, 6.07) is 0. The molecule has 0 unspecified atom stereocenters. The highest BCUT2D eigenvalue weighted by molar-refractivity contribution is 8.20. The first-order valence-corrected chi connectivity index (χ1v) is 22.6. The highest BCUT2D eigenvalue weighted by atomic mass is 36.0. The van der Waals surface area contributed by atoms with Crippen LogP contribution in [-0.2, 0) is 41.3 Å². The summed E-state index contributed by atoms with van der Waals surface area (Å²) in [4.78, 5) is 31.1. The molecule has 27 heteroatoms. The van der Waals surface area contributed by atoms with Crippen molar-refractivity contribution in [2.75, 3.05) is 56.9 Å². The van der Waals surface area contributed by atoms with Crippen molar-refractivity contribution >= 4 is 106 Å². The van der Waals surface area contributed by atoms with Gasteiger partial charge in [-0.2, -0.15) is 0 Å². The first kappa shape index (κ1) is 59.3. The van der Waals surface area contributed by atoms with E-state index in [1.807, 2.05) is 13.8 Å². The van der Waals surface area contributed by atoms with Gasteiger partial charge in [0.1, 0.15) is 37.0 Å². The molecule has 0 aromatic carbocycles. The van der Waals surface area contributed by atoms with E-state index in [4.69, 9.17) is 83.4 Å². The minimum atomic E-state index is -3.39. The van der Waals surface area contributed by atoms with E-state index in [9.17, 15) is 24.8 Å². The molecule has 2 aromatic rings. The van der Waals surface area contributed by atoms with Crippen LogP contribution in [0.15, 0.2) is 12.4 Å². The number of hydrogen-bond acceptors (Lipinski definition) is 12. The number of hydrogen-bond donors (Lipinski definition) is 3. The van der Waals surface area contributed by atoms with Crippen molar-refractivity contribution in [1.82, 2.24) is 33.8 Å². The number of imidazole rings is 2. The summed E-state index contributed by atoms with van der Waals surface area (Å²) >= 11 is 31.6. The predicted octanol–water partition coefficient (Wildman–Crippen LogP) is 8.36. The third kappa shape index (κ3) is 26.2. The number of aliphatic hydroxyl groups is 1. The summed E-state index contributed by atoms with van der Waals surface area (Å²) < 4.78 is 25.3. The monoisotopic (exact) mass is 941 g/mol. The van der Waals surface area contributed by atoms with Crippen molar-refractivity contribution in [2.24, 2.45) is 14.1 Å². The van der Waals surface area contributed by atoms with Gasteiger partial charge in [-0.15, -0.1) is 47.2 Å². The minimum Gasteiger partial charge on any atom is -0.390 e. The molecule has 0 radical (unpaired) electrons. The number of rotatable bonds is 17. The Kier molecular flexibility index (Phi) is 37.8. The number of aliphatic hydroxyl groups excluding tert-OH is 1. The third-order valence-corrected chi connectivity index (χ3v) is 9.30. The molecule has 18 nitrogen and oxygen atoms in total. The fraction of sp³-hybridized carbons (Fsp3) is 0.769. The Morgan fingerprint density at radius 3 is 1.51 bits per heavy atom. The second-order valence-electron chi connectivity index (χ2n) is 10.6. The van der Waals surface area contributed by atoms with Gasteiger partial charge in [0.2, 0.25) is 0 Å². The first-order chi connectivity index (χ1) is 24.2. The smallest absolute Gasteiger partial charge is 0.390 e. The molecule has 3 N–H and O–H groups in total. The van der Waals surface area contributed by atoms with Gasteiger partial charge in [-0.05, 0) is 37.2 Å². The zero-order valence-corrected chi connectivity index (χ0v) is 38.0. The first-order valence-electron chi connectivity index (χ1n) is 15.4. The van der Waals surface area contributed by atoms with Crippen molar-refractivity contribution in [3.63, 3.8) is 0 Å². The lowest BCUT2D eigenvalue weighted by Gasteiger charge is -2.36. The maximum Gasteiger partial charge on any atom is 0.434 e. The minimum absolute atomic E-state index is 0. The fourth-order valence-electron chi connectivity index (χ4n) is 3.35. The molecule has 0 amide bonds. The Bertz CT molecular complexity index is 1270. The lowest BCUT2D eigenvalue weighted by Crippen LogP contribution is -2.35. The molecule has 0 aliphatic rings. The average Bonchev–Trinajstić information content (AvgIpc) is 3.65. The van der Waals surface area contributed by atoms with Gasteiger partial charge < -0.3 is 30.7 Å². The topological polar surface area (TPSA) is 216 Å². The molecule has 2 heterocycles. The largest absolute Gasteiger partial charge is 0.434 e. The van der Waals surface area contributed by atoms with E-state index in [0.29, 0.717) is 55.2 Å². The normalized spacial score (nSPS) is 10.9. The van der Waals surface area contributed by atoms with Crippen molar-refractivity contribution in [3.05, 3.63) is 44.0 Å². The Morgan fingerprint density at radius 1 is 0.906 bits per heavy atom. The lowest BCUT2D eigenvalue weighted by molar-refractivity contribution is -0.396. The summed E-state index contributed by atoms with van der Waals surface area (Å²) in [5.74, 6) is -0.435. The maximum atomic E-state index is 13.6. The number of nitrogens with zero attached hydrogens (tertiary/aromatic N) is 8. The second-order valence-corrected chi connectivity index (χ2v) is 19.0. The third-order valence-electron chi connectivity index (χ3n) is 5.91. The Labute approximate surface area is 348 Å². The molecule has 0 fully saturated rings. The average molecular weight is 945 g/mol. The Morgan fingerprint density at radius 2 is 1.28 bits per heavy atom. The van der Waals surface area contributed by atoms with Gasteiger partial charge >= 0.3 is 19.6 Å². The molecule has 0 atom stereocenters. The van der Waals surface area contributed by atoms with Crippen LogP contribution in [0.3, 0.4) is 0 Å². The van der Waals surface area contributed by atoms with Crippen LogP contribution >= 0.6 is 94.6 Å². The van der Waals surface area contributed by atoms with Gasteiger partial charge in [-0.3, -0.25) is 14.3 Å². The quantitative estimate of drug-likeness (QED) is 0.0339. The van der Waals surface area contributed by atoms with Gasteiger partial charge in [0.15, 0.2) is 5.98 Å². The van der Waals surface area contributed by atoms with Crippen LogP contribution in [0.1, 0.15) is 52.9 Å². The molecule has 0 spiro atoms. The van der Waals surface area contributed by atoms with Crippen LogP contribution in [0, 0.1) is 20.2 Å².